The molecule has 1 unspecified atom stereocenters. The van der Waals surface area contributed by atoms with Gasteiger partial charge in [0.05, 0.1) is 12.7 Å². The molecule has 1 aromatic carbocycles. The molecule has 1 aromatic rings. The fraction of sp³-hybridized carbons (Fsp3) is 0.364. The van der Waals surface area contributed by atoms with Crippen molar-refractivity contribution in [3.05, 3.63) is 35.9 Å². The Morgan fingerprint density at radius 2 is 2.08 bits per heavy atom. The highest BCUT2D eigenvalue weighted by molar-refractivity contribution is 5.13. The summed E-state index contributed by atoms with van der Waals surface area (Å²) in [5.74, 6) is 0. The van der Waals surface area contributed by atoms with E-state index in [0.29, 0.717) is 6.61 Å². The van der Waals surface area contributed by atoms with Crippen LogP contribution in [-0.4, -0.2) is 6.10 Å². The fourth-order valence-corrected chi connectivity index (χ4v) is 1.02. The molecule has 0 amide bonds. The molecule has 1 rings (SSSR count). The minimum Gasteiger partial charge on any atom is -0.359 e. The Bertz CT molecular complexity index is 276. The largest absolute Gasteiger partial charge is 0.359 e. The molecular weight excluding hydrogens is 162 g/mol. The van der Waals surface area contributed by atoms with Gasteiger partial charge in [-0.2, -0.15) is 5.26 Å². The SMILES string of the molecule is CCC(C#N)OCc1ccccc1. The van der Waals surface area contributed by atoms with E-state index in [0.717, 1.165) is 12.0 Å². The molecule has 0 bridgehead atoms. The molecule has 0 fully saturated rings. The third-order valence-electron chi connectivity index (χ3n) is 1.81. The summed E-state index contributed by atoms with van der Waals surface area (Å²) in [5, 5.41) is 8.63. The summed E-state index contributed by atoms with van der Waals surface area (Å²) in [5.41, 5.74) is 1.11. The Hall–Kier alpha value is -1.33. The Kier molecular flexibility index (Phi) is 4.01. The van der Waals surface area contributed by atoms with Gasteiger partial charge in [0.15, 0.2) is 0 Å². The number of benzene rings is 1. The van der Waals surface area contributed by atoms with Crippen molar-refractivity contribution < 1.29 is 4.74 Å². The highest BCUT2D eigenvalue weighted by Crippen LogP contribution is 2.04. The van der Waals surface area contributed by atoms with E-state index in [1.165, 1.54) is 0 Å². The lowest BCUT2D eigenvalue weighted by atomic mass is 10.2. The van der Waals surface area contributed by atoms with Crippen molar-refractivity contribution in [2.75, 3.05) is 0 Å². The number of hydrogen-bond acceptors (Lipinski definition) is 2. The summed E-state index contributed by atoms with van der Waals surface area (Å²) in [6.45, 7) is 2.46. The maximum atomic E-state index is 8.63. The average Bonchev–Trinajstić information content (AvgIpc) is 2.21. The normalized spacial score (nSPS) is 12.0. The van der Waals surface area contributed by atoms with Gasteiger partial charge < -0.3 is 4.74 Å². The predicted molar refractivity (Wildman–Crippen MR) is 50.9 cm³/mol. The van der Waals surface area contributed by atoms with E-state index < -0.39 is 0 Å². The van der Waals surface area contributed by atoms with Crippen LogP contribution in [0.1, 0.15) is 18.9 Å². The lowest BCUT2D eigenvalue weighted by Gasteiger charge is -2.07. The number of hydrogen-bond donors (Lipinski definition) is 0. The van der Waals surface area contributed by atoms with Crippen LogP contribution in [0, 0.1) is 11.3 Å². The Labute approximate surface area is 78.8 Å². The van der Waals surface area contributed by atoms with Crippen molar-refractivity contribution in [2.45, 2.75) is 26.1 Å². The predicted octanol–water partition coefficient (Wildman–Crippen LogP) is 2.51. The quantitative estimate of drug-likeness (QED) is 0.704. The maximum Gasteiger partial charge on any atom is 0.144 e. The lowest BCUT2D eigenvalue weighted by molar-refractivity contribution is 0.0745. The molecule has 0 heterocycles. The second-order valence-electron chi connectivity index (χ2n) is 2.82. The summed E-state index contributed by atoms with van der Waals surface area (Å²) in [4.78, 5) is 0. The molecule has 13 heavy (non-hydrogen) atoms. The average molecular weight is 175 g/mol. The third kappa shape index (κ3) is 3.27. The van der Waals surface area contributed by atoms with E-state index in [2.05, 4.69) is 6.07 Å². The van der Waals surface area contributed by atoms with Gasteiger partial charge >= 0.3 is 0 Å². The summed E-state index contributed by atoms with van der Waals surface area (Å²) >= 11 is 0. The second kappa shape index (κ2) is 5.34. The Morgan fingerprint density at radius 1 is 1.38 bits per heavy atom. The van der Waals surface area contributed by atoms with Gasteiger partial charge in [-0.05, 0) is 12.0 Å². The van der Waals surface area contributed by atoms with Crippen molar-refractivity contribution in [1.82, 2.24) is 0 Å². The van der Waals surface area contributed by atoms with Crippen LogP contribution in [0.15, 0.2) is 30.3 Å². The molecule has 0 radical (unpaired) electrons. The van der Waals surface area contributed by atoms with Crippen LogP contribution in [0.4, 0.5) is 0 Å². The third-order valence-corrected chi connectivity index (χ3v) is 1.81. The standard InChI is InChI=1S/C11H13NO/c1-2-11(8-12)13-9-10-6-4-3-5-7-10/h3-7,11H,2,9H2,1H3. The van der Waals surface area contributed by atoms with Crippen molar-refractivity contribution in [1.29, 1.82) is 5.26 Å². The summed E-state index contributed by atoms with van der Waals surface area (Å²) in [6.07, 6.45) is 0.462. The minimum atomic E-state index is -0.278. The van der Waals surface area contributed by atoms with E-state index in [-0.39, 0.29) is 6.10 Å². The van der Waals surface area contributed by atoms with Crippen LogP contribution in [0.25, 0.3) is 0 Å². The first-order chi connectivity index (χ1) is 6.36. The number of nitriles is 1. The van der Waals surface area contributed by atoms with Crippen molar-refractivity contribution >= 4 is 0 Å². The fourth-order valence-electron chi connectivity index (χ4n) is 1.02. The van der Waals surface area contributed by atoms with Crippen LogP contribution in [-0.2, 0) is 11.3 Å². The van der Waals surface area contributed by atoms with E-state index in [4.69, 9.17) is 10.00 Å². The molecule has 0 aromatic heterocycles. The number of ether oxygens (including phenoxy) is 1. The van der Waals surface area contributed by atoms with Crippen molar-refractivity contribution in [2.24, 2.45) is 0 Å². The zero-order chi connectivity index (χ0) is 9.52. The molecular formula is C11H13NO. The van der Waals surface area contributed by atoms with Gasteiger partial charge in [0.25, 0.3) is 0 Å². The van der Waals surface area contributed by atoms with E-state index in [1.54, 1.807) is 0 Å². The second-order valence-corrected chi connectivity index (χ2v) is 2.82. The van der Waals surface area contributed by atoms with E-state index >= 15 is 0 Å². The monoisotopic (exact) mass is 175 g/mol. The molecule has 0 spiro atoms. The van der Waals surface area contributed by atoms with Crippen molar-refractivity contribution in [3.63, 3.8) is 0 Å². The molecule has 2 heteroatoms. The Balaban J connectivity index is 2.40. The van der Waals surface area contributed by atoms with Crippen LogP contribution in [0.5, 0.6) is 0 Å². The first-order valence-corrected chi connectivity index (χ1v) is 4.42. The number of rotatable bonds is 4. The minimum absolute atomic E-state index is 0.278. The first kappa shape index (κ1) is 9.76. The molecule has 0 N–H and O–H groups in total. The Morgan fingerprint density at radius 3 is 2.62 bits per heavy atom. The molecule has 2 nitrogen and oxygen atoms in total. The molecule has 1 atom stereocenters. The molecule has 0 saturated heterocycles. The highest BCUT2D eigenvalue weighted by Gasteiger charge is 2.03. The molecule has 0 saturated carbocycles. The van der Waals surface area contributed by atoms with Gasteiger partial charge in [-0.3, -0.25) is 0 Å². The topological polar surface area (TPSA) is 33.0 Å². The van der Waals surface area contributed by atoms with Crippen LogP contribution < -0.4 is 0 Å². The summed E-state index contributed by atoms with van der Waals surface area (Å²) < 4.78 is 5.37. The van der Waals surface area contributed by atoms with Gasteiger partial charge in [0.2, 0.25) is 0 Å². The number of nitrogens with zero attached hydrogens (tertiary/aromatic N) is 1. The maximum absolute atomic E-state index is 8.63. The van der Waals surface area contributed by atoms with Gasteiger partial charge in [0, 0.05) is 0 Å². The zero-order valence-corrected chi connectivity index (χ0v) is 7.73. The molecule has 0 aliphatic rings. The van der Waals surface area contributed by atoms with Crippen LogP contribution in [0.3, 0.4) is 0 Å². The van der Waals surface area contributed by atoms with Gasteiger partial charge in [-0.1, -0.05) is 37.3 Å². The molecule has 0 aliphatic carbocycles. The van der Waals surface area contributed by atoms with E-state index in [1.807, 2.05) is 37.3 Å². The first-order valence-electron chi connectivity index (χ1n) is 4.42. The molecule has 0 aliphatic heterocycles. The van der Waals surface area contributed by atoms with Gasteiger partial charge in [-0.25, -0.2) is 0 Å². The zero-order valence-electron chi connectivity index (χ0n) is 7.73. The highest BCUT2D eigenvalue weighted by atomic mass is 16.5. The van der Waals surface area contributed by atoms with Gasteiger partial charge in [-0.15, -0.1) is 0 Å². The smallest absolute Gasteiger partial charge is 0.144 e. The summed E-state index contributed by atoms with van der Waals surface area (Å²) in [7, 11) is 0. The van der Waals surface area contributed by atoms with Crippen LogP contribution in [0.2, 0.25) is 0 Å². The summed E-state index contributed by atoms with van der Waals surface area (Å²) in [6, 6.07) is 12.0. The van der Waals surface area contributed by atoms with Gasteiger partial charge in [0.1, 0.15) is 6.10 Å². The molecule has 68 valence electrons. The lowest BCUT2D eigenvalue weighted by Crippen LogP contribution is -2.08. The van der Waals surface area contributed by atoms with Crippen molar-refractivity contribution in [3.8, 4) is 6.07 Å². The van der Waals surface area contributed by atoms with E-state index in [9.17, 15) is 0 Å². The van der Waals surface area contributed by atoms with Crippen LogP contribution >= 0.6 is 0 Å².